The van der Waals surface area contributed by atoms with Gasteiger partial charge in [-0.2, -0.15) is 0 Å². The monoisotopic (exact) mass is 502 g/mol. The Balaban J connectivity index is 1.30. The van der Waals surface area contributed by atoms with Crippen molar-refractivity contribution in [1.82, 2.24) is 4.98 Å². The molecular weight excluding hydrogens is 480 g/mol. The number of furan rings is 1. The summed E-state index contributed by atoms with van der Waals surface area (Å²) in [5.41, 5.74) is 7.60. The molecule has 4 heteroatoms. The summed E-state index contributed by atoms with van der Waals surface area (Å²) in [5, 5.41) is 4.34. The van der Waals surface area contributed by atoms with E-state index in [4.69, 9.17) is 13.8 Å². The lowest BCUT2D eigenvalue weighted by Gasteiger charge is -2.25. The maximum atomic E-state index is 6.28. The number of hydrogen-bond donors (Lipinski definition) is 0. The number of hydrogen-bond acceptors (Lipinski definition) is 4. The Morgan fingerprint density at radius 3 is 2.08 bits per heavy atom. The van der Waals surface area contributed by atoms with Crippen LogP contribution in [-0.4, -0.2) is 4.98 Å². The summed E-state index contributed by atoms with van der Waals surface area (Å²) in [5.74, 6) is 0.633. The van der Waals surface area contributed by atoms with Gasteiger partial charge < -0.3 is 13.7 Å². The minimum atomic E-state index is 0.633. The van der Waals surface area contributed by atoms with Crippen LogP contribution in [0.25, 0.3) is 55.3 Å². The van der Waals surface area contributed by atoms with E-state index in [-0.39, 0.29) is 0 Å². The second-order valence-electron chi connectivity index (χ2n) is 9.65. The Labute approximate surface area is 224 Å². The molecule has 8 aromatic rings. The highest BCUT2D eigenvalue weighted by atomic mass is 16.3. The van der Waals surface area contributed by atoms with Crippen LogP contribution in [0, 0.1) is 0 Å². The molecule has 0 aliphatic rings. The van der Waals surface area contributed by atoms with Crippen LogP contribution in [0.3, 0.4) is 0 Å². The van der Waals surface area contributed by atoms with Gasteiger partial charge in [0.1, 0.15) is 16.7 Å². The van der Waals surface area contributed by atoms with Gasteiger partial charge >= 0.3 is 0 Å². The first-order chi connectivity index (χ1) is 19.3. The SMILES string of the molecule is c1ccc(-c2nc3ccc4cc(N(c5ccccc5)c5ccc6oc7ccccc7c6c5)ccc4c3o2)cc1. The molecule has 0 N–H and O–H groups in total. The van der Waals surface area contributed by atoms with Gasteiger partial charge in [0.2, 0.25) is 5.89 Å². The van der Waals surface area contributed by atoms with Gasteiger partial charge in [0.15, 0.2) is 5.58 Å². The Morgan fingerprint density at radius 2 is 1.21 bits per heavy atom. The highest BCUT2D eigenvalue weighted by molar-refractivity contribution is 6.07. The average molecular weight is 503 g/mol. The van der Waals surface area contributed by atoms with Crippen molar-refractivity contribution in [3.8, 4) is 11.5 Å². The zero-order valence-electron chi connectivity index (χ0n) is 20.9. The zero-order chi connectivity index (χ0) is 25.8. The van der Waals surface area contributed by atoms with E-state index in [1.165, 1.54) is 0 Å². The van der Waals surface area contributed by atoms with Crippen LogP contribution in [0.4, 0.5) is 17.1 Å². The van der Waals surface area contributed by atoms with Crippen molar-refractivity contribution in [1.29, 1.82) is 0 Å². The minimum absolute atomic E-state index is 0.633. The van der Waals surface area contributed by atoms with Crippen molar-refractivity contribution >= 4 is 60.9 Å². The lowest BCUT2D eigenvalue weighted by molar-refractivity contribution is 0.623. The molecule has 0 spiro atoms. The zero-order valence-corrected chi connectivity index (χ0v) is 20.9. The highest BCUT2D eigenvalue weighted by Gasteiger charge is 2.17. The molecule has 0 unspecified atom stereocenters. The minimum Gasteiger partial charge on any atom is -0.456 e. The van der Waals surface area contributed by atoms with Crippen LogP contribution in [-0.2, 0) is 0 Å². The van der Waals surface area contributed by atoms with Gasteiger partial charge in [-0.25, -0.2) is 4.98 Å². The predicted octanol–water partition coefficient (Wildman–Crippen LogP) is 10.0. The molecular formula is C35H22N2O2. The van der Waals surface area contributed by atoms with Gasteiger partial charge in [-0.1, -0.05) is 60.7 Å². The molecule has 0 atom stereocenters. The highest BCUT2D eigenvalue weighted by Crippen LogP contribution is 2.40. The van der Waals surface area contributed by atoms with E-state index in [2.05, 4.69) is 83.8 Å². The van der Waals surface area contributed by atoms with E-state index in [1.807, 2.05) is 54.6 Å². The number of fused-ring (bicyclic) bond motifs is 6. The summed E-state index contributed by atoms with van der Waals surface area (Å²) in [7, 11) is 0. The fraction of sp³-hybridized carbons (Fsp3) is 0. The summed E-state index contributed by atoms with van der Waals surface area (Å²) in [4.78, 5) is 7.03. The van der Waals surface area contributed by atoms with Crippen LogP contribution in [0.1, 0.15) is 0 Å². The summed E-state index contributed by atoms with van der Waals surface area (Å²) < 4.78 is 12.4. The van der Waals surface area contributed by atoms with Crippen molar-refractivity contribution in [2.75, 3.05) is 4.90 Å². The summed E-state index contributed by atoms with van der Waals surface area (Å²) in [6.45, 7) is 0. The van der Waals surface area contributed by atoms with Gasteiger partial charge in [-0.15, -0.1) is 0 Å². The molecule has 184 valence electrons. The summed E-state index contributed by atoms with van der Waals surface area (Å²) in [6, 6.07) is 45.7. The Morgan fingerprint density at radius 1 is 0.487 bits per heavy atom. The van der Waals surface area contributed by atoms with E-state index in [0.29, 0.717) is 5.89 Å². The molecule has 0 amide bonds. The fourth-order valence-electron chi connectivity index (χ4n) is 5.42. The second kappa shape index (κ2) is 8.61. The fourth-order valence-corrected chi connectivity index (χ4v) is 5.42. The second-order valence-corrected chi connectivity index (χ2v) is 9.65. The number of rotatable bonds is 4. The van der Waals surface area contributed by atoms with Gasteiger partial charge in [-0.3, -0.25) is 0 Å². The van der Waals surface area contributed by atoms with Crippen LogP contribution in [0.2, 0.25) is 0 Å². The molecule has 0 aliphatic heterocycles. The lowest BCUT2D eigenvalue weighted by atomic mass is 10.1. The standard InChI is InChI=1S/C35H22N2O2/c1-3-9-23(10-4-1)35-36-31-19-15-24-21-26(16-18-28(24)34(31)39-35)37(25-11-5-2-6-12-25)27-17-20-33-30(22-27)29-13-7-8-14-32(29)38-33/h1-22H. The van der Waals surface area contributed by atoms with Crippen molar-refractivity contribution in [2.24, 2.45) is 0 Å². The van der Waals surface area contributed by atoms with E-state index in [0.717, 1.165) is 66.4 Å². The van der Waals surface area contributed by atoms with Gasteiger partial charge in [-0.05, 0) is 78.2 Å². The molecule has 6 aromatic carbocycles. The quantitative estimate of drug-likeness (QED) is 0.240. The first-order valence-electron chi connectivity index (χ1n) is 13.0. The number of benzene rings is 6. The molecule has 0 aliphatic carbocycles. The third kappa shape index (κ3) is 3.57. The summed E-state index contributed by atoms with van der Waals surface area (Å²) in [6.07, 6.45) is 0. The maximum absolute atomic E-state index is 6.28. The molecule has 0 bridgehead atoms. The first kappa shape index (κ1) is 21.7. The third-order valence-electron chi connectivity index (χ3n) is 7.27. The van der Waals surface area contributed by atoms with E-state index in [9.17, 15) is 0 Å². The van der Waals surface area contributed by atoms with Crippen molar-refractivity contribution < 1.29 is 8.83 Å². The topological polar surface area (TPSA) is 42.4 Å². The molecule has 0 radical (unpaired) electrons. The van der Waals surface area contributed by atoms with Crippen LogP contribution >= 0.6 is 0 Å². The molecule has 4 nitrogen and oxygen atoms in total. The number of oxazole rings is 1. The van der Waals surface area contributed by atoms with Crippen molar-refractivity contribution in [3.63, 3.8) is 0 Å². The molecule has 0 saturated heterocycles. The molecule has 8 rings (SSSR count). The van der Waals surface area contributed by atoms with Crippen LogP contribution < -0.4 is 4.90 Å². The summed E-state index contributed by atoms with van der Waals surface area (Å²) >= 11 is 0. The maximum Gasteiger partial charge on any atom is 0.227 e. The normalized spacial score (nSPS) is 11.6. The molecule has 0 saturated carbocycles. The third-order valence-corrected chi connectivity index (χ3v) is 7.27. The predicted molar refractivity (Wildman–Crippen MR) is 159 cm³/mol. The first-order valence-corrected chi connectivity index (χ1v) is 13.0. The average Bonchev–Trinajstić information content (AvgIpc) is 3.60. The van der Waals surface area contributed by atoms with Crippen LogP contribution in [0.5, 0.6) is 0 Å². The van der Waals surface area contributed by atoms with E-state index < -0.39 is 0 Å². The van der Waals surface area contributed by atoms with Gasteiger partial charge in [0.25, 0.3) is 0 Å². The number of nitrogens with zero attached hydrogens (tertiary/aromatic N) is 2. The number of para-hydroxylation sites is 2. The molecule has 39 heavy (non-hydrogen) atoms. The Kier molecular flexibility index (Phi) is 4.79. The Bertz CT molecular complexity index is 2130. The van der Waals surface area contributed by atoms with E-state index in [1.54, 1.807) is 0 Å². The molecule has 0 fully saturated rings. The van der Waals surface area contributed by atoms with Crippen molar-refractivity contribution in [3.05, 3.63) is 133 Å². The Hall–Kier alpha value is -5.35. The van der Waals surface area contributed by atoms with Gasteiger partial charge in [0, 0.05) is 38.8 Å². The van der Waals surface area contributed by atoms with E-state index >= 15 is 0 Å². The molecule has 2 aromatic heterocycles. The van der Waals surface area contributed by atoms with Crippen molar-refractivity contribution in [2.45, 2.75) is 0 Å². The lowest BCUT2D eigenvalue weighted by Crippen LogP contribution is -2.09. The smallest absolute Gasteiger partial charge is 0.227 e. The van der Waals surface area contributed by atoms with Crippen LogP contribution in [0.15, 0.2) is 142 Å². The largest absolute Gasteiger partial charge is 0.456 e. The molecule has 2 heterocycles. The number of aromatic nitrogens is 1. The number of anilines is 3. The van der Waals surface area contributed by atoms with Gasteiger partial charge in [0.05, 0.1) is 0 Å².